The van der Waals surface area contributed by atoms with E-state index in [-0.39, 0.29) is 11.2 Å². The summed E-state index contributed by atoms with van der Waals surface area (Å²) in [5.41, 5.74) is -0.616. The van der Waals surface area contributed by atoms with Gasteiger partial charge in [0.05, 0.1) is 6.07 Å². The van der Waals surface area contributed by atoms with Crippen molar-refractivity contribution >= 4 is 17.7 Å². The summed E-state index contributed by atoms with van der Waals surface area (Å²) in [6.45, 7) is 9.67. The highest BCUT2D eigenvalue weighted by atomic mass is 32.2. The van der Waals surface area contributed by atoms with E-state index in [9.17, 15) is 10.1 Å². The fourth-order valence-corrected chi connectivity index (χ4v) is 4.26. The van der Waals surface area contributed by atoms with E-state index in [2.05, 4.69) is 19.9 Å². The second-order valence-electron chi connectivity index (χ2n) is 6.98. The number of carbonyl (C=O) groups excluding carboxylic acids is 1. The highest BCUT2D eigenvalue weighted by Gasteiger charge is 2.73. The van der Waals surface area contributed by atoms with E-state index in [1.165, 1.54) is 0 Å². The van der Waals surface area contributed by atoms with Crippen LogP contribution in [0.5, 0.6) is 0 Å². The highest BCUT2D eigenvalue weighted by molar-refractivity contribution is 8.00. The summed E-state index contributed by atoms with van der Waals surface area (Å²) in [4.78, 5) is 12.7. The van der Waals surface area contributed by atoms with E-state index in [0.29, 0.717) is 5.25 Å². The lowest BCUT2D eigenvalue weighted by atomic mass is 10.0. The van der Waals surface area contributed by atoms with Gasteiger partial charge >= 0.3 is 5.97 Å². The molecule has 0 heterocycles. The Morgan fingerprint density at radius 3 is 2.36 bits per heavy atom. The summed E-state index contributed by atoms with van der Waals surface area (Å²) < 4.78 is 5.54. The van der Waals surface area contributed by atoms with Gasteiger partial charge in [0.25, 0.3) is 0 Å². The molecule has 22 heavy (non-hydrogen) atoms. The van der Waals surface area contributed by atoms with Crippen LogP contribution in [0.15, 0.2) is 30.3 Å². The summed E-state index contributed by atoms with van der Waals surface area (Å²) in [6, 6.07) is 12.1. The number of nitriles is 1. The molecule has 1 saturated carbocycles. The van der Waals surface area contributed by atoms with Crippen molar-refractivity contribution in [1.29, 1.82) is 5.26 Å². The van der Waals surface area contributed by atoms with Crippen molar-refractivity contribution in [1.82, 2.24) is 0 Å². The summed E-state index contributed by atoms with van der Waals surface area (Å²) in [5.74, 6) is -0.490. The summed E-state index contributed by atoms with van der Waals surface area (Å²) in [6.07, 6.45) is 0. The first kappa shape index (κ1) is 16.9. The summed E-state index contributed by atoms with van der Waals surface area (Å²) >= 11 is 1.69. The molecule has 0 N–H and O–H groups in total. The van der Waals surface area contributed by atoms with Crippen LogP contribution in [0.1, 0.15) is 46.1 Å². The number of thioether (sulfide) groups is 1. The maximum absolute atomic E-state index is 12.7. The topological polar surface area (TPSA) is 50.1 Å². The van der Waals surface area contributed by atoms with Gasteiger partial charge in [0.2, 0.25) is 0 Å². The Hall–Kier alpha value is -1.47. The zero-order valence-electron chi connectivity index (χ0n) is 13.8. The number of nitrogens with zero attached hydrogens (tertiary/aromatic N) is 1. The molecule has 1 aromatic rings. The molecule has 3 nitrogen and oxygen atoms in total. The molecule has 1 aromatic carbocycles. The van der Waals surface area contributed by atoms with Crippen LogP contribution >= 0.6 is 11.8 Å². The molecular weight excluding hydrogens is 294 g/mol. The fraction of sp³-hybridized carbons (Fsp3) is 0.556. The quantitative estimate of drug-likeness (QED) is 0.783. The molecule has 0 radical (unpaired) electrons. The number of hydrogen-bond donors (Lipinski definition) is 0. The normalized spacial score (nSPS) is 27.3. The Morgan fingerprint density at radius 2 is 1.91 bits per heavy atom. The number of ether oxygens (including phenoxy) is 1. The van der Waals surface area contributed by atoms with Gasteiger partial charge in [0.1, 0.15) is 5.60 Å². The van der Waals surface area contributed by atoms with Gasteiger partial charge in [-0.05, 0) is 31.6 Å². The van der Waals surface area contributed by atoms with Crippen molar-refractivity contribution < 1.29 is 9.53 Å². The van der Waals surface area contributed by atoms with E-state index in [1.807, 2.05) is 51.1 Å². The van der Waals surface area contributed by atoms with Gasteiger partial charge in [-0.15, -0.1) is 0 Å². The van der Waals surface area contributed by atoms with Gasteiger partial charge in [0.15, 0.2) is 5.41 Å². The van der Waals surface area contributed by atoms with Gasteiger partial charge < -0.3 is 4.74 Å². The maximum atomic E-state index is 12.7. The van der Waals surface area contributed by atoms with Crippen LogP contribution in [-0.2, 0) is 9.53 Å². The molecule has 3 atom stereocenters. The molecule has 0 bridgehead atoms. The van der Waals surface area contributed by atoms with Crippen LogP contribution in [0.4, 0.5) is 0 Å². The first-order chi connectivity index (χ1) is 10.2. The zero-order chi connectivity index (χ0) is 16.5. The van der Waals surface area contributed by atoms with Crippen LogP contribution in [0.3, 0.4) is 0 Å². The van der Waals surface area contributed by atoms with Gasteiger partial charge in [-0.1, -0.05) is 44.2 Å². The molecule has 0 saturated heterocycles. The molecule has 4 heteroatoms. The van der Waals surface area contributed by atoms with Crippen molar-refractivity contribution in [2.24, 2.45) is 5.41 Å². The van der Waals surface area contributed by atoms with E-state index in [0.717, 1.165) is 5.56 Å². The lowest BCUT2D eigenvalue weighted by Crippen LogP contribution is -2.31. The monoisotopic (exact) mass is 317 g/mol. The van der Waals surface area contributed by atoms with E-state index in [4.69, 9.17) is 4.74 Å². The SMILES string of the molecule is CC(C)S[C@H]1[C@H](c2ccccc2)[C@]1(C#N)C(=O)OC(C)(C)C. The molecule has 0 aliphatic heterocycles. The van der Waals surface area contributed by atoms with Crippen LogP contribution in [0.2, 0.25) is 0 Å². The Balaban J connectivity index is 2.35. The third-order valence-corrected chi connectivity index (χ3v) is 5.11. The van der Waals surface area contributed by atoms with E-state index in [1.54, 1.807) is 11.8 Å². The lowest BCUT2D eigenvalue weighted by Gasteiger charge is -2.22. The first-order valence-electron chi connectivity index (χ1n) is 7.57. The molecule has 1 aliphatic rings. The van der Waals surface area contributed by atoms with Gasteiger partial charge in [-0.25, -0.2) is 0 Å². The minimum Gasteiger partial charge on any atom is -0.459 e. The maximum Gasteiger partial charge on any atom is 0.328 e. The molecule has 1 aliphatic carbocycles. The molecule has 2 rings (SSSR count). The van der Waals surface area contributed by atoms with E-state index < -0.39 is 17.0 Å². The Labute approximate surface area is 137 Å². The second-order valence-corrected chi connectivity index (χ2v) is 8.70. The lowest BCUT2D eigenvalue weighted by molar-refractivity contribution is -0.159. The fourth-order valence-electron chi connectivity index (χ4n) is 2.72. The largest absolute Gasteiger partial charge is 0.459 e. The predicted molar refractivity (Wildman–Crippen MR) is 89.6 cm³/mol. The molecule has 0 spiro atoms. The second kappa shape index (κ2) is 5.96. The summed E-state index contributed by atoms with van der Waals surface area (Å²) in [5, 5.41) is 10.1. The van der Waals surface area contributed by atoms with Crippen molar-refractivity contribution in [3.8, 4) is 6.07 Å². The van der Waals surface area contributed by atoms with Gasteiger partial charge in [-0.2, -0.15) is 17.0 Å². The number of hydrogen-bond acceptors (Lipinski definition) is 4. The Morgan fingerprint density at radius 1 is 1.32 bits per heavy atom. The van der Waals surface area contributed by atoms with Crippen LogP contribution < -0.4 is 0 Å². The smallest absolute Gasteiger partial charge is 0.328 e. The number of benzene rings is 1. The Bertz CT molecular complexity index is 585. The van der Waals surface area contributed by atoms with Crippen LogP contribution in [0, 0.1) is 16.7 Å². The molecule has 0 unspecified atom stereocenters. The average molecular weight is 317 g/mol. The predicted octanol–water partition coefficient (Wildman–Crippen LogP) is 4.15. The molecule has 1 fully saturated rings. The molecule has 0 amide bonds. The average Bonchev–Trinajstić information content (AvgIpc) is 3.05. The Kier molecular flexibility index (Phi) is 4.58. The minimum absolute atomic E-state index is 0.0465. The molecule has 0 aromatic heterocycles. The molecule has 118 valence electrons. The number of carbonyl (C=O) groups is 1. The van der Waals surface area contributed by atoms with Crippen molar-refractivity contribution in [2.75, 3.05) is 0 Å². The number of esters is 1. The summed E-state index contributed by atoms with van der Waals surface area (Å²) in [7, 11) is 0. The minimum atomic E-state index is -1.07. The third kappa shape index (κ3) is 3.15. The molecular formula is C18H23NO2S. The van der Waals surface area contributed by atoms with Gasteiger partial charge in [-0.3, -0.25) is 4.79 Å². The van der Waals surface area contributed by atoms with Crippen molar-refractivity contribution in [3.63, 3.8) is 0 Å². The van der Waals surface area contributed by atoms with Crippen LogP contribution in [0.25, 0.3) is 0 Å². The first-order valence-corrected chi connectivity index (χ1v) is 8.51. The highest BCUT2D eigenvalue weighted by Crippen LogP contribution is 2.66. The van der Waals surface area contributed by atoms with Crippen molar-refractivity contribution in [2.45, 2.75) is 56.6 Å². The van der Waals surface area contributed by atoms with Crippen molar-refractivity contribution in [3.05, 3.63) is 35.9 Å². The zero-order valence-corrected chi connectivity index (χ0v) is 14.6. The van der Waals surface area contributed by atoms with E-state index >= 15 is 0 Å². The number of rotatable bonds is 4. The van der Waals surface area contributed by atoms with Gasteiger partial charge in [0, 0.05) is 11.2 Å². The third-order valence-electron chi connectivity index (χ3n) is 3.63. The standard InChI is InChI=1S/C18H23NO2S/c1-12(2)22-15-14(13-9-7-6-8-10-13)18(15,11-19)16(20)21-17(3,4)5/h6-10,12,14-15H,1-5H3/t14-,15-,18-/m0/s1. The van der Waals surface area contributed by atoms with Crippen LogP contribution in [-0.4, -0.2) is 22.1 Å².